The summed E-state index contributed by atoms with van der Waals surface area (Å²) < 4.78 is 28.0. The standard InChI is InChI=1S/C13H13ClN2O3S/c14-11-4-2-1-3-9(11)8-19-10-5-6-13(12(15)7-10)20(16,17)18/h1-7H,8,15H2,(H2,16,17,18). The number of rotatable bonds is 4. The molecule has 0 aliphatic heterocycles. The van der Waals surface area contributed by atoms with Crippen LogP contribution in [0.1, 0.15) is 5.56 Å². The van der Waals surface area contributed by atoms with Gasteiger partial charge in [-0.25, -0.2) is 13.6 Å². The fourth-order valence-corrected chi connectivity index (χ4v) is 2.49. The van der Waals surface area contributed by atoms with Crippen molar-refractivity contribution in [3.8, 4) is 5.75 Å². The van der Waals surface area contributed by atoms with Gasteiger partial charge >= 0.3 is 0 Å². The van der Waals surface area contributed by atoms with Crippen LogP contribution in [0, 0.1) is 0 Å². The van der Waals surface area contributed by atoms with Gasteiger partial charge in [-0.15, -0.1) is 0 Å². The zero-order chi connectivity index (χ0) is 14.8. The summed E-state index contributed by atoms with van der Waals surface area (Å²) in [5, 5.41) is 5.63. The number of nitrogens with two attached hydrogens (primary N) is 2. The number of nitrogen functional groups attached to an aromatic ring is 1. The van der Waals surface area contributed by atoms with E-state index in [4.69, 9.17) is 27.2 Å². The third kappa shape index (κ3) is 3.41. The first-order valence-corrected chi connectivity index (χ1v) is 7.59. The Labute approximate surface area is 122 Å². The quantitative estimate of drug-likeness (QED) is 0.845. The minimum absolute atomic E-state index is 0.0455. The lowest BCUT2D eigenvalue weighted by Crippen LogP contribution is -2.14. The van der Waals surface area contributed by atoms with Crippen molar-refractivity contribution in [1.82, 2.24) is 0 Å². The molecule has 0 radical (unpaired) electrons. The Morgan fingerprint density at radius 3 is 2.45 bits per heavy atom. The van der Waals surface area contributed by atoms with Crippen LogP contribution < -0.4 is 15.6 Å². The van der Waals surface area contributed by atoms with Crippen LogP contribution in [0.15, 0.2) is 47.4 Å². The highest BCUT2D eigenvalue weighted by Gasteiger charge is 2.12. The molecule has 0 aromatic heterocycles. The summed E-state index contributed by atoms with van der Waals surface area (Å²) in [5.74, 6) is 0.440. The van der Waals surface area contributed by atoms with Gasteiger partial charge in [0.1, 0.15) is 17.3 Å². The van der Waals surface area contributed by atoms with Gasteiger partial charge < -0.3 is 10.5 Å². The predicted molar refractivity (Wildman–Crippen MR) is 78.0 cm³/mol. The maximum absolute atomic E-state index is 11.2. The van der Waals surface area contributed by atoms with Crippen LogP contribution >= 0.6 is 11.6 Å². The molecule has 0 amide bonds. The first-order valence-electron chi connectivity index (χ1n) is 5.66. The number of benzene rings is 2. The van der Waals surface area contributed by atoms with E-state index in [9.17, 15) is 8.42 Å². The molecule has 0 spiro atoms. The molecule has 0 saturated carbocycles. The first-order chi connectivity index (χ1) is 9.38. The molecule has 20 heavy (non-hydrogen) atoms. The van der Waals surface area contributed by atoms with Crippen molar-refractivity contribution in [3.63, 3.8) is 0 Å². The highest BCUT2D eigenvalue weighted by molar-refractivity contribution is 7.89. The molecule has 2 aromatic carbocycles. The van der Waals surface area contributed by atoms with Crippen molar-refractivity contribution in [1.29, 1.82) is 0 Å². The molecule has 7 heteroatoms. The number of hydrogen-bond acceptors (Lipinski definition) is 4. The molecule has 4 N–H and O–H groups in total. The summed E-state index contributed by atoms with van der Waals surface area (Å²) in [6.07, 6.45) is 0. The fourth-order valence-electron chi connectivity index (χ4n) is 1.65. The zero-order valence-corrected chi connectivity index (χ0v) is 12.0. The van der Waals surface area contributed by atoms with Gasteiger partial charge in [-0.1, -0.05) is 29.8 Å². The van der Waals surface area contributed by atoms with Crippen LogP contribution in [0.3, 0.4) is 0 Å². The van der Waals surface area contributed by atoms with Gasteiger partial charge in [-0.3, -0.25) is 0 Å². The van der Waals surface area contributed by atoms with Crippen LogP contribution in [0.25, 0.3) is 0 Å². The van der Waals surface area contributed by atoms with E-state index in [1.807, 2.05) is 18.2 Å². The summed E-state index contributed by atoms with van der Waals surface area (Å²) in [6.45, 7) is 0.258. The maximum Gasteiger partial charge on any atom is 0.240 e. The Hall–Kier alpha value is -1.76. The lowest BCUT2D eigenvalue weighted by molar-refractivity contribution is 0.306. The van der Waals surface area contributed by atoms with Crippen molar-refractivity contribution in [2.24, 2.45) is 5.14 Å². The summed E-state index contributed by atoms with van der Waals surface area (Å²) in [4.78, 5) is -0.123. The van der Waals surface area contributed by atoms with Crippen molar-refractivity contribution in [3.05, 3.63) is 53.1 Å². The lowest BCUT2D eigenvalue weighted by Gasteiger charge is -2.10. The Kier molecular flexibility index (Phi) is 4.17. The fraction of sp³-hybridized carbons (Fsp3) is 0.0769. The van der Waals surface area contributed by atoms with Gasteiger partial charge in [0.25, 0.3) is 0 Å². The minimum Gasteiger partial charge on any atom is -0.489 e. The monoisotopic (exact) mass is 312 g/mol. The molecular weight excluding hydrogens is 300 g/mol. The number of hydrogen-bond donors (Lipinski definition) is 2. The highest BCUT2D eigenvalue weighted by atomic mass is 35.5. The van der Waals surface area contributed by atoms with E-state index in [0.717, 1.165) is 5.56 Å². The van der Waals surface area contributed by atoms with Gasteiger partial charge in [0, 0.05) is 16.7 Å². The van der Waals surface area contributed by atoms with Crippen LogP contribution in [0.4, 0.5) is 5.69 Å². The van der Waals surface area contributed by atoms with Gasteiger partial charge in [-0.2, -0.15) is 0 Å². The number of sulfonamides is 1. The third-order valence-electron chi connectivity index (χ3n) is 2.64. The largest absolute Gasteiger partial charge is 0.489 e. The molecule has 2 rings (SSSR count). The number of ether oxygens (including phenoxy) is 1. The topological polar surface area (TPSA) is 95.4 Å². The molecular formula is C13H13ClN2O3S. The number of halogens is 1. The molecule has 5 nitrogen and oxygen atoms in total. The normalized spacial score (nSPS) is 11.3. The Morgan fingerprint density at radius 1 is 1.15 bits per heavy atom. The van der Waals surface area contributed by atoms with E-state index in [0.29, 0.717) is 10.8 Å². The van der Waals surface area contributed by atoms with Crippen molar-refractivity contribution < 1.29 is 13.2 Å². The SMILES string of the molecule is Nc1cc(OCc2ccccc2Cl)ccc1S(N)(=O)=O. The molecule has 2 aromatic rings. The van der Waals surface area contributed by atoms with E-state index >= 15 is 0 Å². The zero-order valence-electron chi connectivity index (χ0n) is 10.4. The molecule has 106 valence electrons. The van der Waals surface area contributed by atoms with Crippen LogP contribution in [-0.2, 0) is 16.6 Å². The van der Waals surface area contributed by atoms with Crippen LogP contribution in [0.5, 0.6) is 5.75 Å². The predicted octanol–water partition coefficient (Wildman–Crippen LogP) is 2.15. The van der Waals surface area contributed by atoms with Crippen molar-refractivity contribution in [2.45, 2.75) is 11.5 Å². The van der Waals surface area contributed by atoms with Gasteiger partial charge in [0.05, 0.1) is 5.69 Å². The second-order valence-electron chi connectivity index (χ2n) is 4.12. The lowest BCUT2D eigenvalue weighted by atomic mass is 10.2. The van der Waals surface area contributed by atoms with Gasteiger partial charge in [-0.05, 0) is 18.2 Å². The van der Waals surface area contributed by atoms with E-state index in [1.54, 1.807) is 6.07 Å². The Balaban J connectivity index is 2.16. The molecule has 0 fully saturated rings. The third-order valence-corrected chi connectivity index (χ3v) is 3.99. The maximum atomic E-state index is 11.2. The Bertz CT molecular complexity index is 732. The summed E-state index contributed by atoms with van der Waals surface area (Å²) >= 11 is 6.01. The van der Waals surface area contributed by atoms with Gasteiger partial charge in [0.15, 0.2) is 0 Å². The Morgan fingerprint density at radius 2 is 1.85 bits per heavy atom. The average Bonchev–Trinajstić information content (AvgIpc) is 2.36. The molecule has 0 unspecified atom stereocenters. The number of primary sulfonamides is 1. The summed E-state index contributed by atoms with van der Waals surface area (Å²) in [7, 11) is -3.83. The summed E-state index contributed by atoms with van der Waals surface area (Å²) in [5.41, 5.74) is 6.51. The second kappa shape index (κ2) is 5.70. The van der Waals surface area contributed by atoms with Gasteiger partial charge in [0.2, 0.25) is 10.0 Å². The van der Waals surface area contributed by atoms with E-state index in [2.05, 4.69) is 0 Å². The minimum atomic E-state index is -3.83. The summed E-state index contributed by atoms with van der Waals surface area (Å²) in [6, 6.07) is 11.5. The molecule has 0 bridgehead atoms. The van der Waals surface area contributed by atoms with E-state index in [-0.39, 0.29) is 17.2 Å². The molecule has 0 saturated heterocycles. The molecule has 0 aliphatic rings. The molecule has 0 atom stereocenters. The van der Waals surface area contributed by atoms with E-state index in [1.165, 1.54) is 18.2 Å². The molecule has 0 heterocycles. The number of anilines is 1. The van der Waals surface area contributed by atoms with Crippen LogP contribution in [0.2, 0.25) is 5.02 Å². The molecule has 0 aliphatic carbocycles. The van der Waals surface area contributed by atoms with Crippen LogP contribution in [-0.4, -0.2) is 8.42 Å². The highest BCUT2D eigenvalue weighted by Crippen LogP contribution is 2.24. The first kappa shape index (κ1) is 14.6. The second-order valence-corrected chi connectivity index (χ2v) is 6.06. The smallest absolute Gasteiger partial charge is 0.240 e. The van der Waals surface area contributed by atoms with E-state index < -0.39 is 10.0 Å². The van der Waals surface area contributed by atoms with Crippen molar-refractivity contribution in [2.75, 3.05) is 5.73 Å². The average molecular weight is 313 g/mol. The van der Waals surface area contributed by atoms with Crippen molar-refractivity contribution >= 4 is 27.3 Å².